The lowest BCUT2D eigenvalue weighted by Crippen LogP contribution is -2.37. The molecule has 1 N–H and O–H groups in total. The Balaban J connectivity index is 3.95. The number of allylic oxidation sites excluding steroid dienone is 20. The van der Waals surface area contributed by atoms with E-state index < -0.39 is 32.5 Å². The van der Waals surface area contributed by atoms with E-state index in [1.165, 1.54) is 122 Å². The van der Waals surface area contributed by atoms with Crippen LogP contribution < -0.4 is 0 Å². The van der Waals surface area contributed by atoms with Crippen LogP contribution in [-0.2, 0) is 32.7 Å². The van der Waals surface area contributed by atoms with Gasteiger partial charge in [-0.1, -0.05) is 264 Å². The summed E-state index contributed by atoms with van der Waals surface area (Å²) in [4.78, 5) is 35.7. The van der Waals surface area contributed by atoms with Crippen molar-refractivity contribution >= 4 is 19.8 Å². The number of quaternary nitrogens is 1. The fourth-order valence-corrected chi connectivity index (χ4v) is 9.34. The maximum Gasteiger partial charge on any atom is 0.472 e. The number of likely N-dealkylation sites (N-methyl/N-ethyl adjacent to an activating group) is 1. The molecule has 0 heterocycles. The number of hydrogen-bond acceptors (Lipinski definition) is 7. The summed E-state index contributed by atoms with van der Waals surface area (Å²) in [6.07, 6.45) is 86.0. The lowest BCUT2D eigenvalue weighted by atomic mass is 10.0. The van der Waals surface area contributed by atoms with Crippen molar-refractivity contribution in [3.63, 3.8) is 0 Å². The number of phosphoric acid groups is 1. The van der Waals surface area contributed by atoms with Crippen LogP contribution in [0.3, 0.4) is 0 Å². The van der Waals surface area contributed by atoms with Crippen LogP contribution in [0.5, 0.6) is 0 Å². The third-order valence-corrected chi connectivity index (χ3v) is 14.5. The SMILES string of the molecule is CC/C=C\C/C=C\C/C=C\C/C=C\C/C=C\C/C=C\CCCCCCCCCCCCCCCCCCCCCCCCC(=O)OC(COC(=O)CCCC/C=C\C/C=C\C/C=C\C/C=C\CC)COP(=O)(O)OCC[N+](C)(C)C. The van der Waals surface area contributed by atoms with Crippen LogP contribution in [0.2, 0.25) is 0 Å². The van der Waals surface area contributed by atoms with Gasteiger partial charge in [0.1, 0.15) is 19.8 Å². The van der Waals surface area contributed by atoms with Gasteiger partial charge in [-0.3, -0.25) is 18.6 Å². The Kier molecular flexibility index (Phi) is 57.3. The van der Waals surface area contributed by atoms with E-state index in [0.717, 1.165) is 96.3 Å². The Bertz CT molecular complexity index is 1760. The zero-order valence-electron chi connectivity index (χ0n) is 52.0. The predicted octanol–water partition coefficient (Wildman–Crippen LogP) is 20.7. The van der Waals surface area contributed by atoms with Gasteiger partial charge < -0.3 is 18.9 Å². The first-order valence-electron chi connectivity index (χ1n) is 32.3. The topological polar surface area (TPSA) is 108 Å². The molecule has 0 radical (unpaired) electrons. The molecule has 2 atom stereocenters. The standard InChI is InChI=1S/C70H120NO8P/c1-6-8-10-12-14-16-18-20-22-23-24-25-26-27-28-29-30-31-32-33-34-35-36-37-38-39-40-41-42-43-44-45-46-47-49-51-53-55-57-59-61-63-70(73)79-68(67-78-80(74,75)77-65-64-71(3,4)5)66-76-69(72)62-60-58-56-54-52-50-48-21-19-17-15-13-11-9-7-2/h8-11,14-17,20-22,24-25,27-28,30-31,48,52,54,68H,6-7,12-13,18-19,23,26,29,32-47,49-51,53,55-67H2,1-5H3/p+1/b10-8-,11-9-,16-14-,17-15-,22-20-,25-24-,28-27-,31-30-,48-21-,54-52-. The van der Waals surface area contributed by atoms with Crippen molar-refractivity contribution in [3.8, 4) is 0 Å². The predicted molar refractivity (Wildman–Crippen MR) is 344 cm³/mol. The molecule has 9 nitrogen and oxygen atoms in total. The van der Waals surface area contributed by atoms with Crippen molar-refractivity contribution in [3.05, 3.63) is 122 Å². The second kappa shape index (κ2) is 60.0. The molecule has 0 aromatic carbocycles. The monoisotopic (exact) mass is 1130 g/mol. The fraction of sp³-hybridized carbons (Fsp3) is 0.686. The van der Waals surface area contributed by atoms with Crippen LogP contribution in [-0.4, -0.2) is 74.9 Å². The summed E-state index contributed by atoms with van der Waals surface area (Å²) < 4.78 is 34.5. The van der Waals surface area contributed by atoms with Gasteiger partial charge in [0.25, 0.3) is 0 Å². The van der Waals surface area contributed by atoms with Crippen LogP contribution in [0, 0.1) is 0 Å². The summed E-state index contributed by atoms with van der Waals surface area (Å²) in [6, 6.07) is 0. The molecule has 80 heavy (non-hydrogen) atoms. The van der Waals surface area contributed by atoms with E-state index in [1.54, 1.807) is 0 Å². The third kappa shape index (κ3) is 63.6. The molecule has 2 unspecified atom stereocenters. The molecule has 0 amide bonds. The molecule has 0 aromatic heterocycles. The van der Waals surface area contributed by atoms with Crippen molar-refractivity contribution < 1.29 is 42.1 Å². The molecule has 0 spiro atoms. The minimum atomic E-state index is -4.40. The van der Waals surface area contributed by atoms with Crippen molar-refractivity contribution in [1.82, 2.24) is 0 Å². The lowest BCUT2D eigenvalue weighted by Gasteiger charge is -2.24. The summed E-state index contributed by atoms with van der Waals surface area (Å²) in [7, 11) is 1.45. The van der Waals surface area contributed by atoms with Crippen molar-refractivity contribution in [2.45, 2.75) is 264 Å². The Morgan fingerprint density at radius 3 is 1.02 bits per heavy atom. The van der Waals surface area contributed by atoms with Gasteiger partial charge in [0.2, 0.25) is 0 Å². The number of nitrogens with zero attached hydrogens (tertiary/aromatic N) is 1. The van der Waals surface area contributed by atoms with Gasteiger partial charge in [-0.2, -0.15) is 0 Å². The van der Waals surface area contributed by atoms with Crippen molar-refractivity contribution in [1.29, 1.82) is 0 Å². The lowest BCUT2D eigenvalue weighted by molar-refractivity contribution is -0.870. The molecular weight excluding hydrogens is 1010 g/mol. The van der Waals surface area contributed by atoms with Crippen molar-refractivity contribution in [2.75, 3.05) is 47.5 Å². The molecule has 0 rings (SSSR count). The van der Waals surface area contributed by atoms with E-state index in [9.17, 15) is 19.0 Å². The second-order valence-corrected chi connectivity index (χ2v) is 23.8. The molecule has 0 bridgehead atoms. The summed E-state index contributed by atoms with van der Waals surface area (Å²) in [5.41, 5.74) is 0. The van der Waals surface area contributed by atoms with Gasteiger partial charge in [-0.25, -0.2) is 4.57 Å². The van der Waals surface area contributed by atoms with E-state index in [0.29, 0.717) is 23.9 Å². The van der Waals surface area contributed by atoms with Gasteiger partial charge in [0.05, 0.1) is 27.7 Å². The number of ether oxygens (including phenoxy) is 2. The maximum atomic E-state index is 12.8. The average Bonchev–Trinajstić information content (AvgIpc) is 3.42. The molecule has 0 fully saturated rings. The molecule has 10 heteroatoms. The van der Waals surface area contributed by atoms with Crippen LogP contribution in [0.1, 0.15) is 258 Å². The Hall–Kier alpha value is -3.59. The first-order valence-corrected chi connectivity index (χ1v) is 33.8. The summed E-state index contributed by atoms with van der Waals surface area (Å²) in [6.45, 7) is 4.16. The zero-order chi connectivity index (χ0) is 58.4. The molecule has 0 saturated carbocycles. The number of rotatable bonds is 58. The molecular formula is C70H121NO8P+. The smallest absolute Gasteiger partial charge is 0.462 e. The van der Waals surface area contributed by atoms with Gasteiger partial charge in [-0.15, -0.1) is 0 Å². The molecule has 0 aliphatic rings. The van der Waals surface area contributed by atoms with E-state index >= 15 is 0 Å². The summed E-state index contributed by atoms with van der Waals surface area (Å²) in [5.74, 6) is -0.845. The fourth-order valence-electron chi connectivity index (χ4n) is 8.60. The highest BCUT2D eigenvalue weighted by molar-refractivity contribution is 7.47. The van der Waals surface area contributed by atoms with Gasteiger partial charge in [-0.05, 0) is 103 Å². The van der Waals surface area contributed by atoms with E-state index in [-0.39, 0.29) is 26.1 Å². The quantitative estimate of drug-likeness (QED) is 0.0211. The number of phosphoric ester groups is 1. The number of unbranched alkanes of at least 4 members (excludes halogenated alkanes) is 24. The number of carbonyl (C=O) groups excluding carboxylic acids is 2. The molecule has 0 aromatic rings. The van der Waals surface area contributed by atoms with Gasteiger partial charge in [0, 0.05) is 12.8 Å². The number of esters is 2. The van der Waals surface area contributed by atoms with E-state index in [4.69, 9.17) is 18.5 Å². The van der Waals surface area contributed by atoms with Crippen LogP contribution in [0.4, 0.5) is 0 Å². The minimum absolute atomic E-state index is 0.0215. The second-order valence-electron chi connectivity index (χ2n) is 22.4. The first kappa shape index (κ1) is 76.4. The minimum Gasteiger partial charge on any atom is -0.462 e. The van der Waals surface area contributed by atoms with E-state index in [2.05, 4.69) is 135 Å². The highest BCUT2D eigenvalue weighted by Gasteiger charge is 2.27. The zero-order valence-corrected chi connectivity index (χ0v) is 52.9. The third-order valence-electron chi connectivity index (χ3n) is 13.5. The molecule has 0 saturated heterocycles. The Morgan fingerprint density at radius 2 is 0.675 bits per heavy atom. The average molecular weight is 1140 g/mol. The highest BCUT2D eigenvalue weighted by atomic mass is 31.2. The van der Waals surface area contributed by atoms with Crippen LogP contribution in [0.15, 0.2) is 122 Å². The highest BCUT2D eigenvalue weighted by Crippen LogP contribution is 2.43. The molecule has 458 valence electrons. The normalized spacial score (nSPS) is 14.0. The van der Waals surface area contributed by atoms with E-state index in [1.807, 2.05) is 21.1 Å². The van der Waals surface area contributed by atoms with Crippen LogP contribution in [0.25, 0.3) is 0 Å². The van der Waals surface area contributed by atoms with Gasteiger partial charge >= 0.3 is 19.8 Å². The van der Waals surface area contributed by atoms with Crippen LogP contribution >= 0.6 is 7.82 Å². The van der Waals surface area contributed by atoms with Crippen molar-refractivity contribution in [2.24, 2.45) is 0 Å². The molecule has 0 aliphatic carbocycles. The number of carbonyl (C=O) groups is 2. The number of hydrogen-bond donors (Lipinski definition) is 1. The maximum absolute atomic E-state index is 12.8. The summed E-state index contributed by atoms with van der Waals surface area (Å²) in [5, 5.41) is 0. The Morgan fingerprint density at radius 1 is 0.388 bits per heavy atom. The Labute approximate surface area is 492 Å². The molecule has 0 aliphatic heterocycles. The summed E-state index contributed by atoms with van der Waals surface area (Å²) >= 11 is 0. The van der Waals surface area contributed by atoms with Gasteiger partial charge in [0.15, 0.2) is 6.10 Å². The largest absolute Gasteiger partial charge is 0.472 e. The first-order chi connectivity index (χ1) is 39.0.